The number of thioether (sulfide) groups is 2. The van der Waals surface area contributed by atoms with E-state index in [1.165, 1.54) is 23.6 Å². The molecule has 1 aliphatic rings. The van der Waals surface area contributed by atoms with E-state index >= 15 is 0 Å². The zero-order valence-corrected chi connectivity index (χ0v) is 12.0. The highest BCUT2D eigenvalue weighted by Crippen LogP contribution is 2.23. The Hall–Kier alpha value is -0.720. The normalized spacial score (nSPS) is 19.3. The van der Waals surface area contributed by atoms with E-state index in [1.54, 1.807) is 6.07 Å². The standard InChI is InChI=1S/C13H16FNO2S2/c14-12-5-9(1-2-11(12)13(16)17)6-15-7-10-8-18-3-4-19-10/h1-2,5,10,15H,3-4,6-8H2,(H,16,17). The largest absolute Gasteiger partial charge is 0.478 e. The van der Waals surface area contributed by atoms with Crippen LogP contribution in [0.25, 0.3) is 0 Å². The number of carboxylic acids is 1. The Balaban J connectivity index is 1.82. The third-order valence-electron chi connectivity index (χ3n) is 2.85. The van der Waals surface area contributed by atoms with Crippen molar-refractivity contribution in [2.75, 3.05) is 23.8 Å². The quantitative estimate of drug-likeness (QED) is 0.875. The lowest BCUT2D eigenvalue weighted by Gasteiger charge is -2.21. The Labute approximate surface area is 120 Å². The minimum atomic E-state index is -1.23. The van der Waals surface area contributed by atoms with Gasteiger partial charge in [0.1, 0.15) is 5.82 Å². The van der Waals surface area contributed by atoms with Crippen molar-refractivity contribution >= 4 is 29.5 Å². The van der Waals surface area contributed by atoms with E-state index in [1.807, 2.05) is 23.5 Å². The van der Waals surface area contributed by atoms with Crippen LogP contribution in [0, 0.1) is 5.82 Å². The second-order valence-corrected chi connectivity index (χ2v) is 6.88. The molecule has 6 heteroatoms. The Morgan fingerprint density at radius 3 is 2.95 bits per heavy atom. The van der Waals surface area contributed by atoms with E-state index in [0.29, 0.717) is 11.8 Å². The van der Waals surface area contributed by atoms with E-state index in [9.17, 15) is 9.18 Å². The summed E-state index contributed by atoms with van der Waals surface area (Å²) < 4.78 is 13.5. The number of aromatic carboxylic acids is 1. The molecular formula is C13H16FNO2S2. The van der Waals surface area contributed by atoms with Crippen molar-refractivity contribution in [3.63, 3.8) is 0 Å². The average Bonchev–Trinajstić information content (AvgIpc) is 2.39. The number of rotatable bonds is 5. The van der Waals surface area contributed by atoms with Crippen LogP contribution in [-0.4, -0.2) is 40.1 Å². The third kappa shape index (κ3) is 4.40. The molecule has 2 rings (SSSR count). The highest BCUT2D eigenvalue weighted by Gasteiger charge is 2.14. The summed E-state index contributed by atoms with van der Waals surface area (Å²) in [7, 11) is 0. The van der Waals surface area contributed by atoms with Crippen molar-refractivity contribution in [3.8, 4) is 0 Å². The smallest absolute Gasteiger partial charge is 0.338 e. The molecule has 0 bridgehead atoms. The van der Waals surface area contributed by atoms with Crippen LogP contribution < -0.4 is 5.32 Å². The molecule has 0 radical (unpaired) electrons. The summed E-state index contributed by atoms with van der Waals surface area (Å²) in [5.41, 5.74) is 0.499. The van der Waals surface area contributed by atoms with E-state index in [2.05, 4.69) is 5.32 Å². The highest BCUT2D eigenvalue weighted by atomic mass is 32.2. The van der Waals surface area contributed by atoms with Crippen LogP contribution in [0.15, 0.2) is 18.2 Å². The Kier molecular flexibility index (Phi) is 5.54. The molecule has 1 unspecified atom stereocenters. The van der Waals surface area contributed by atoms with Gasteiger partial charge in [0, 0.05) is 35.6 Å². The van der Waals surface area contributed by atoms with Crippen LogP contribution in [0.3, 0.4) is 0 Å². The van der Waals surface area contributed by atoms with Gasteiger partial charge in [-0.25, -0.2) is 9.18 Å². The van der Waals surface area contributed by atoms with Crippen molar-refractivity contribution in [3.05, 3.63) is 35.1 Å². The van der Waals surface area contributed by atoms with Gasteiger partial charge in [0.15, 0.2) is 0 Å². The number of halogens is 1. The molecule has 0 aromatic heterocycles. The van der Waals surface area contributed by atoms with Crippen LogP contribution >= 0.6 is 23.5 Å². The zero-order valence-electron chi connectivity index (χ0n) is 10.4. The summed E-state index contributed by atoms with van der Waals surface area (Å²) in [6.45, 7) is 1.47. The summed E-state index contributed by atoms with van der Waals surface area (Å²) in [5.74, 6) is 1.67. The molecule has 1 saturated heterocycles. The molecule has 0 amide bonds. The van der Waals surface area contributed by atoms with E-state index < -0.39 is 11.8 Å². The van der Waals surface area contributed by atoms with Crippen LogP contribution in [-0.2, 0) is 6.54 Å². The second-order valence-electron chi connectivity index (χ2n) is 4.32. The lowest BCUT2D eigenvalue weighted by atomic mass is 10.1. The fourth-order valence-corrected chi connectivity index (χ4v) is 4.52. The molecule has 1 aromatic carbocycles. The molecule has 1 heterocycles. The lowest BCUT2D eigenvalue weighted by molar-refractivity contribution is 0.0692. The molecule has 19 heavy (non-hydrogen) atoms. The van der Waals surface area contributed by atoms with Crippen molar-refractivity contribution in [1.29, 1.82) is 0 Å². The number of nitrogens with one attached hydrogen (secondary N) is 1. The maximum Gasteiger partial charge on any atom is 0.338 e. The molecule has 0 saturated carbocycles. The Morgan fingerprint density at radius 1 is 1.47 bits per heavy atom. The molecule has 1 aromatic rings. The Morgan fingerprint density at radius 2 is 2.32 bits per heavy atom. The summed E-state index contributed by atoms with van der Waals surface area (Å²) in [4.78, 5) is 10.7. The van der Waals surface area contributed by atoms with Crippen molar-refractivity contribution in [2.24, 2.45) is 0 Å². The third-order valence-corrected chi connectivity index (χ3v) is 5.69. The molecule has 0 spiro atoms. The van der Waals surface area contributed by atoms with Gasteiger partial charge in [0.2, 0.25) is 0 Å². The molecule has 3 nitrogen and oxygen atoms in total. The fraction of sp³-hybridized carbons (Fsp3) is 0.462. The number of hydrogen-bond acceptors (Lipinski definition) is 4. The predicted molar refractivity (Wildman–Crippen MR) is 78.6 cm³/mol. The highest BCUT2D eigenvalue weighted by molar-refractivity contribution is 8.06. The summed E-state index contributed by atoms with van der Waals surface area (Å²) in [5, 5.41) is 12.7. The second kappa shape index (κ2) is 7.17. The maximum absolute atomic E-state index is 13.5. The van der Waals surface area contributed by atoms with Crippen LogP contribution in [0.5, 0.6) is 0 Å². The number of hydrogen-bond donors (Lipinski definition) is 2. The van der Waals surface area contributed by atoms with Gasteiger partial charge in [-0.1, -0.05) is 6.07 Å². The van der Waals surface area contributed by atoms with Gasteiger partial charge in [0.25, 0.3) is 0 Å². The molecule has 104 valence electrons. The molecule has 1 fully saturated rings. The summed E-state index contributed by atoms with van der Waals surface area (Å²) in [6.07, 6.45) is 0. The zero-order chi connectivity index (χ0) is 13.7. The lowest BCUT2D eigenvalue weighted by Crippen LogP contribution is -2.28. The molecule has 1 aliphatic heterocycles. The first-order valence-electron chi connectivity index (χ1n) is 6.08. The minimum absolute atomic E-state index is 0.275. The van der Waals surface area contributed by atoms with Gasteiger partial charge in [-0.05, 0) is 17.7 Å². The van der Waals surface area contributed by atoms with Gasteiger partial charge in [-0.2, -0.15) is 23.5 Å². The van der Waals surface area contributed by atoms with Gasteiger partial charge >= 0.3 is 5.97 Å². The number of benzene rings is 1. The van der Waals surface area contributed by atoms with Crippen molar-refractivity contribution < 1.29 is 14.3 Å². The first-order chi connectivity index (χ1) is 9.16. The first-order valence-corrected chi connectivity index (χ1v) is 8.29. The maximum atomic E-state index is 13.5. The van der Waals surface area contributed by atoms with Crippen LogP contribution in [0.1, 0.15) is 15.9 Å². The Bertz CT molecular complexity index is 450. The fourth-order valence-electron chi connectivity index (χ4n) is 1.87. The monoisotopic (exact) mass is 301 g/mol. The van der Waals surface area contributed by atoms with Gasteiger partial charge in [0.05, 0.1) is 5.56 Å². The predicted octanol–water partition coefficient (Wildman–Crippen LogP) is 2.46. The average molecular weight is 301 g/mol. The van der Waals surface area contributed by atoms with Crippen molar-refractivity contribution in [1.82, 2.24) is 5.32 Å². The van der Waals surface area contributed by atoms with Gasteiger partial charge < -0.3 is 10.4 Å². The number of carbonyl (C=O) groups is 1. The topological polar surface area (TPSA) is 49.3 Å². The van der Waals surface area contributed by atoms with E-state index in [-0.39, 0.29) is 5.56 Å². The summed E-state index contributed by atoms with van der Waals surface area (Å²) >= 11 is 3.94. The van der Waals surface area contributed by atoms with E-state index in [0.717, 1.165) is 17.9 Å². The SMILES string of the molecule is O=C(O)c1ccc(CNCC2CSCCS2)cc1F. The van der Waals surface area contributed by atoms with Crippen molar-refractivity contribution in [2.45, 2.75) is 11.8 Å². The number of carboxylic acid groups (broad SMARTS) is 1. The molecule has 0 aliphatic carbocycles. The molecule has 1 atom stereocenters. The van der Waals surface area contributed by atoms with Crippen LogP contribution in [0.2, 0.25) is 0 Å². The minimum Gasteiger partial charge on any atom is -0.478 e. The van der Waals surface area contributed by atoms with Crippen LogP contribution in [0.4, 0.5) is 4.39 Å². The van der Waals surface area contributed by atoms with E-state index in [4.69, 9.17) is 5.11 Å². The molecule has 2 N–H and O–H groups in total. The van der Waals surface area contributed by atoms with Gasteiger partial charge in [-0.3, -0.25) is 0 Å². The first kappa shape index (κ1) is 14.7. The molecular weight excluding hydrogens is 285 g/mol. The van der Waals surface area contributed by atoms with Gasteiger partial charge in [-0.15, -0.1) is 0 Å². The summed E-state index contributed by atoms with van der Waals surface area (Å²) in [6, 6.07) is 4.27.